The van der Waals surface area contributed by atoms with Gasteiger partial charge in [-0.3, -0.25) is 9.78 Å². The summed E-state index contributed by atoms with van der Waals surface area (Å²) in [6.07, 6.45) is 5.84. The highest BCUT2D eigenvalue weighted by Gasteiger charge is 2.23. The SMILES string of the molecule is CN(C)c1nc(NC2CCC(CNC(=O)c3cnc4ccccc4c3)CC2)nc2ccccc12. The minimum absolute atomic E-state index is 0.0562. The number of anilines is 2. The van der Waals surface area contributed by atoms with Crippen LogP contribution in [0, 0.1) is 5.92 Å². The van der Waals surface area contributed by atoms with Crippen molar-refractivity contribution in [3.05, 3.63) is 66.4 Å². The predicted octanol–water partition coefficient (Wildman–Crippen LogP) is 4.64. The second-order valence-electron chi connectivity index (χ2n) is 9.27. The Morgan fingerprint density at radius 3 is 2.50 bits per heavy atom. The number of rotatable bonds is 6. The molecule has 7 heteroatoms. The summed E-state index contributed by atoms with van der Waals surface area (Å²) in [5.74, 6) is 2.03. The monoisotopic (exact) mass is 454 g/mol. The molecule has 2 aromatic heterocycles. The predicted molar refractivity (Wildman–Crippen MR) is 137 cm³/mol. The lowest BCUT2D eigenvalue weighted by Gasteiger charge is -2.29. The maximum absolute atomic E-state index is 12.6. The molecule has 1 saturated carbocycles. The summed E-state index contributed by atoms with van der Waals surface area (Å²) in [7, 11) is 4.01. The minimum Gasteiger partial charge on any atom is -0.362 e. The first-order valence-corrected chi connectivity index (χ1v) is 11.9. The van der Waals surface area contributed by atoms with Crippen molar-refractivity contribution in [2.45, 2.75) is 31.7 Å². The Morgan fingerprint density at radius 1 is 0.971 bits per heavy atom. The molecule has 1 aliphatic carbocycles. The van der Waals surface area contributed by atoms with Gasteiger partial charge in [0.25, 0.3) is 5.91 Å². The number of pyridine rings is 1. The summed E-state index contributed by atoms with van der Waals surface area (Å²) in [5, 5.41) is 8.70. The second-order valence-corrected chi connectivity index (χ2v) is 9.27. The molecule has 0 unspecified atom stereocenters. The number of hydrogen-bond donors (Lipinski definition) is 2. The average molecular weight is 455 g/mol. The van der Waals surface area contributed by atoms with E-state index in [1.807, 2.05) is 67.5 Å². The lowest BCUT2D eigenvalue weighted by atomic mass is 9.86. The van der Waals surface area contributed by atoms with E-state index >= 15 is 0 Å². The summed E-state index contributed by atoms with van der Waals surface area (Å²) in [5.41, 5.74) is 2.46. The van der Waals surface area contributed by atoms with Crippen LogP contribution in [0.4, 0.5) is 11.8 Å². The summed E-state index contributed by atoms with van der Waals surface area (Å²) in [6.45, 7) is 0.690. The first kappa shape index (κ1) is 22.1. The van der Waals surface area contributed by atoms with E-state index in [1.165, 1.54) is 0 Å². The standard InChI is InChI=1S/C27H30N6O/c1-33(2)25-22-8-4-6-10-24(22)31-27(32-25)30-21-13-11-18(12-14-21)16-29-26(34)20-15-19-7-3-5-9-23(19)28-17-20/h3-10,15,17-18,21H,11-14,16H2,1-2H3,(H,29,34)(H,30,31,32). The topological polar surface area (TPSA) is 83.0 Å². The van der Waals surface area contributed by atoms with Crippen molar-refractivity contribution < 1.29 is 4.79 Å². The fourth-order valence-corrected chi connectivity index (χ4v) is 4.69. The van der Waals surface area contributed by atoms with Gasteiger partial charge >= 0.3 is 0 Å². The summed E-state index contributed by atoms with van der Waals surface area (Å²) in [6, 6.07) is 18.2. The lowest BCUT2D eigenvalue weighted by molar-refractivity contribution is 0.0943. The molecule has 2 aromatic carbocycles. The molecule has 1 amide bonds. The first-order valence-electron chi connectivity index (χ1n) is 11.9. The van der Waals surface area contributed by atoms with E-state index in [9.17, 15) is 4.79 Å². The molecule has 1 aliphatic rings. The van der Waals surface area contributed by atoms with Gasteiger partial charge in [0.05, 0.1) is 16.6 Å². The second kappa shape index (κ2) is 9.63. The number of nitrogens with one attached hydrogen (secondary N) is 2. The van der Waals surface area contributed by atoms with Crippen molar-refractivity contribution in [2.75, 3.05) is 30.9 Å². The van der Waals surface area contributed by atoms with Gasteiger partial charge in [-0.15, -0.1) is 0 Å². The molecule has 0 bridgehead atoms. The zero-order valence-corrected chi connectivity index (χ0v) is 19.7. The van der Waals surface area contributed by atoms with Crippen LogP contribution in [0.5, 0.6) is 0 Å². The third-order valence-corrected chi connectivity index (χ3v) is 6.59. The Balaban J connectivity index is 1.15. The van der Waals surface area contributed by atoms with E-state index in [-0.39, 0.29) is 5.91 Å². The Labute approximate surface area is 199 Å². The van der Waals surface area contributed by atoms with E-state index < -0.39 is 0 Å². The summed E-state index contributed by atoms with van der Waals surface area (Å²) < 4.78 is 0. The fourth-order valence-electron chi connectivity index (χ4n) is 4.69. The van der Waals surface area contributed by atoms with Gasteiger partial charge in [-0.1, -0.05) is 30.3 Å². The van der Waals surface area contributed by atoms with Crippen LogP contribution in [0.3, 0.4) is 0 Å². The molecule has 0 spiro atoms. The Hall–Kier alpha value is -3.74. The minimum atomic E-state index is -0.0562. The van der Waals surface area contributed by atoms with Crippen molar-refractivity contribution in [3.63, 3.8) is 0 Å². The quantitative estimate of drug-likeness (QED) is 0.441. The van der Waals surface area contributed by atoms with E-state index in [0.29, 0.717) is 30.0 Å². The fraction of sp³-hybridized carbons (Fsp3) is 0.333. The third kappa shape index (κ3) is 4.78. The van der Waals surface area contributed by atoms with Crippen molar-refractivity contribution in [2.24, 2.45) is 5.92 Å². The van der Waals surface area contributed by atoms with E-state index in [0.717, 1.165) is 53.3 Å². The molecule has 2 N–H and O–H groups in total. The maximum atomic E-state index is 12.6. The molecule has 7 nitrogen and oxygen atoms in total. The van der Waals surface area contributed by atoms with E-state index in [4.69, 9.17) is 9.97 Å². The number of amides is 1. The molecule has 174 valence electrons. The molecule has 1 fully saturated rings. The highest BCUT2D eigenvalue weighted by molar-refractivity contribution is 5.97. The normalized spacial score (nSPS) is 18.1. The van der Waals surface area contributed by atoms with Gasteiger partial charge in [0, 0.05) is 43.7 Å². The van der Waals surface area contributed by atoms with Crippen LogP contribution in [0.15, 0.2) is 60.8 Å². The molecular weight excluding hydrogens is 424 g/mol. The van der Waals surface area contributed by atoms with Crippen LogP contribution >= 0.6 is 0 Å². The van der Waals surface area contributed by atoms with Crippen LogP contribution in [-0.2, 0) is 0 Å². The van der Waals surface area contributed by atoms with Crippen molar-refractivity contribution >= 4 is 39.5 Å². The van der Waals surface area contributed by atoms with E-state index in [2.05, 4.69) is 21.7 Å². The van der Waals surface area contributed by atoms with Crippen molar-refractivity contribution in [1.29, 1.82) is 0 Å². The summed E-state index contributed by atoms with van der Waals surface area (Å²) in [4.78, 5) is 28.6. The maximum Gasteiger partial charge on any atom is 0.252 e. The number of fused-ring (bicyclic) bond motifs is 2. The number of carbonyl (C=O) groups is 1. The van der Waals surface area contributed by atoms with Crippen LogP contribution in [0.25, 0.3) is 21.8 Å². The number of benzene rings is 2. The first-order chi connectivity index (χ1) is 16.6. The van der Waals surface area contributed by atoms with Gasteiger partial charge in [-0.25, -0.2) is 4.98 Å². The van der Waals surface area contributed by atoms with Crippen LogP contribution in [0.2, 0.25) is 0 Å². The largest absolute Gasteiger partial charge is 0.362 e. The molecule has 4 aromatic rings. The highest BCUT2D eigenvalue weighted by Crippen LogP contribution is 2.28. The zero-order valence-electron chi connectivity index (χ0n) is 19.7. The molecule has 0 radical (unpaired) electrons. The van der Waals surface area contributed by atoms with Crippen LogP contribution < -0.4 is 15.5 Å². The number of carbonyl (C=O) groups excluding carboxylic acids is 1. The third-order valence-electron chi connectivity index (χ3n) is 6.59. The van der Waals surface area contributed by atoms with Gasteiger partial charge in [0.2, 0.25) is 5.95 Å². The Kier molecular flexibility index (Phi) is 6.25. The number of hydrogen-bond acceptors (Lipinski definition) is 6. The molecule has 5 rings (SSSR count). The average Bonchev–Trinajstić information content (AvgIpc) is 2.87. The van der Waals surface area contributed by atoms with Crippen molar-refractivity contribution in [1.82, 2.24) is 20.3 Å². The molecular formula is C27H30N6O. The lowest BCUT2D eigenvalue weighted by Crippen LogP contribution is -2.34. The molecule has 34 heavy (non-hydrogen) atoms. The van der Waals surface area contributed by atoms with E-state index in [1.54, 1.807) is 6.20 Å². The van der Waals surface area contributed by atoms with Gasteiger partial charge < -0.3 is 15.5 Å². The Morgan fingerprint density at radius 2 is 1.71 bits per heavy atom. The zero-order chi connectivity index (χ0) is 23.5. The Bertz CT molecular complexity index is 1310. The van der Waals surface area contributed by atoms with Gasteiger partial charge in [0.1, 0.15) is 5.82 Å². The number of aromatic nitrogens is 3. The van der Waals surface area contributed by atoms with Gasteiger partial charge in [-0.05, 0) is 55.9 Å². The van der Waals surface area contributed by atoms with Gasteiger partial charge in [0.15, 0.2) is 0 Å². The molecule has 0 aliphatic heterocycles. The summed E-state index contributed by atoms with van der Waals surface area (Å²) >= 11 is 0. The number of nitrogens with zero attached hydrogens (tertiary/aromatic N) is 4. The smallest absolute Gasteiger partial charge is 0.252 e. The van der Waals surface area contributed by atoms with Crippen LogP contribution in [-0.4, -0.2) is 47.5 Å². The van der Waals surface area contributed by atoms with Gasteiger partial charge in [-0.2, -0.15) is 4.98 Å². The molecule has 0 saturated heterocycles. The molecule has 2 heterocycles. The van der Waals surface area contributed by atoms with Crippen molar-refractivity contribution in [3.8, 4) is 0 Å². The molecule has 0 atom stereocenters. The van der Waals surface area contributed by atoms with Crippen LogP contribution in [0.1, 0.15) is 36.0 Å². The highest BCUT2D eigenvalue weighted by atomic mass is 16.1. The number of para-hydroxylation sites is 2.